The average molecular weight is 188 g/mol. The van der Waals surface area contributed by atoms with Gasteiger partial charge in [0.05, 0.1) is 0 Å². The maximum absolute atomic E-state index is 5.21. The monoisotopic (exact) mass is 188 g/mol. The third kappa shape index (κ3) is 1.21. The van der Waals surface area contributed by atoms with E-state index in [0.717, 1.165) is 24.2 Å². The van der Waals surface area contributed by atoms with Crippen LogP contribution < -0.4 is 5.32 Å². The van der Waals surface area contributed by atoms with Crippen molar-refractivity contribution in [3.63, 3.8) is 0 Å². The van der Waals surface area contributed by atoms with Gasteiger partial charge in [-0.1, -0.05) is 6.07 Å². The number of benzene rings is 1. The van der Waals surface area contributed by atoms with Gasteiger partial charge in [0.1, 0.15) is 5.52 Å². The summed E-state index contributed by atoms with van der Waals surface area (Å²) in [7, 11) is 0. The third-order valence-corrected chi connectivity index (χ3v) is 2.89. The van der Waals surface area contributed by atoms with E-state index in [9.17, 15) is 0 Å². The van der Waals surface area contributed by atoms with Crippen molar-refractivity contribution in [2.24, 2.45) is 0 Å². The molecular weight excluding hydrogens is 176 g/mol. The quantitative estimate of drug-likeness (QED) is 0.742. The summed E-state index contributed by atoms with van der Waals surface area (Å²) in [6, 6.07) is 6.29. The van der Waals surface area contributed by atoms with E-state index in [1.54, 1.807) is 0 Å². The smallest absolute Gasteiger partial charge is 0.181 e. The zero-order valence-electron chi connectivity index (χ0n) is 7.86. The Hall–Kier alpha value is -1.35. The van der Waals surface area contributed by atoms with Gasteiger partial charge in [-0.25, -0.2) is 4.98 Å². The number of rotatable bonds is 1. The molecule has 1 aliphatic heterocycles. The van der Waals surface area contributed by atoms with Gasteiger partial charge in [0.25, 0.3) is 0 Å². The van der Waals surface area contributed by atoms with Crippen molar-refractivity contribution in [3.05, 3.63) is 30.2 Å². The van der Waals surface area contributed by atoms with Crippen molar-refractivity contribution in [2.45, 2.75) is 12.3 Å². The zero-order valence-corrected chi connectivity index (χ0v) is 7.86. The lowest BCUT2D eigenvalue weighted by atomic mass is 9.98. The van der Waals surface area contributed by atoms with Crippen LogP contribution in [-0.4, -0.2) is 18.1 Å². The molecule has 1 saturated heterocycles. The summed E-state index contributed by atoms with van der Waals surface area (Å²) in [5, 5.41) is 3.37. The third-order valence-electron chi connectivity index (χ3n) is 2.89. The van der Waals surface area contributed by atoms with Gasteiger partial charge in [-0.3, -0.25) is 0 Å². The second kappa shape index (κ2) is 3.10. The van der Waals surface area contributed by atoms with E-state index in [1.807, 2.05) is 6.07 Å². The zero-order chi connectivity index (χ0) is 9.38. The topological polar surface area (TPSA) is 38.1 Å². The molecule has 1 aliphatic rings. The minimum Gasteiger partial charge on any atom is -0.443 e. The van der Waals surface area contributed by atoms with Crippen LogP contribution >= 0.6 is 0 Å². The number of nitrogens with one attached hydrogen (secondary N) is 1. The number of oxazole rings is 1. The lowest BCUT2D eigenvalue weighted by Crippen LogP contribution is -2.07. The minimum absolute atomic E-state index is 0.649. The van der Waals surface area contributed by atoms with E-state index in [1.165, 1.54) is 18.4 Å². The fourth-order valence-electron chi connectivity index (χ4n) is 2.07. The Balaban J connectivity index is 2.04. The van der Waals surface area contributed by atoms with Gasteiger partial charge in [0.2, 0.25) is 0 Å². The van der Waals surface area contributed by atoms with Crippen LogP contribution in [0.2, 0.25) is 0 Å². The van der Waals surface area contributed by atoms with Crippen LogP contribution in [0, 0.1) is 0 Å². The van der Waals surface area contributed by atoms with Crippen LogP contribution in [0.5, 0.6) is 0 Å². The van der Waals surface area contributed by atoms with E-state index in [0.29, 0.717) is 5.92 Å². The molecule has 0 spiro atoms. The molecular formula is C11H12N2O. The first-order valence-electron chi connectivity index (χ1n) is 4.97. The summed E-state index contributed by atoms with van der Waals surface area (Å²) >= 11 is 0. The van der Waals surface area contributed by atoms with Crippen molar-refractivity contribution in [2.75, 3.05) is 13.1 Å². The average Bonchev–Trinajstić information content (AvgIpc) is 2.88. The Morgan fingerprint density at radius 1 is 1.43 bits per heavy atom. The van der Waals surface area contributed by atoms with Crippen molar-refractivity contribution in [1.29, 1.82) is 0 Å². The fourth-order valence-corrected chi connectivity index (χ4v) is 2.07. The molecule has 0 radical (unpaired) electrons. The maximum Gasteiger partial charge on any atom is 0.181 e. The molecule has 0 amide bonds. The largest absolute Gasteiger partial charge is 0.443 e. The molecule has 0 aliphatic carbocycles. The Kier molecular flexibility index (Phi) is 1.77. The summed E-state index contributed by atoms with van der Waals surface area (Å²) < 4.78 is 5.21. The van der Waals surface area contributed by atoms with Gasteiger partial charge >= 0.3 is 0 Å². The second-order valence-electron chi connectivity index (χ2n) is 3.77. The molecule has 0 saturated carbocycles. The summed E-state index contributed by atoms with van der Waals surface area (Å²) in [5.74, 6) is 0.649. The van der Waals surface area contributed by atoms with Crippen LogP contribution in [0.1, 0.15) is 17.9 Å². The number of hydrogen-bond donors (Lipinski definition) is 1. The maximum atomic E-state index is 5.21. The molecule has 3 rings (SSSR count). The predicted molar refractivity (Wildman–Crippen MR) is 54.2 cm³/mol. The minimum atomic E-state index is 0.649. The first-order valence-corrected chi connectivity index (χ1v) is 4.97. The molecule has 3 nitrogen and oxygen atoms in total. The molecule has 1 aromatic heterocycles. The first kappa shape index (κ1) is 8.00. The van der Waals surface area contributed by atoms with E-state index in [4.69, 9.17) is 4.42 Å². The van der Waals surface area contributed by atoms with Gasteiger partial charge < -0.3 is 9.73 Å². The highest BCUT2D eigenvalue weighted by Crippen LogP contribution is 2.25. The highest BCUT2D eigenvalue weighted by molar-refractivity contribution is 5.73. The molecule has 1 unspecified atom stereocenters. The van der Waals surface area contributed by atoms with Gasteiger partial charge in [0, 0.05) is 6.54 Å². The Bertz CT molecular complexity index is 443. The molecule has 72 valence electrons. The molecule has 0 bridgehead atoms. The molecule has 1 atom stereocenters. The molecule has 2 aromatic rings. The number of hydrogen-bond acceptors (Lipinski definition) is 3. The standard InChI is InChI=1S/C11H12N2O/c1-2-11-10(13-7-14-11)5-8(1)9-3-4-12-6-9/h1-2,5,7,9,12H,3-4,6H2. The van der Waals surface area contributed by atoms with Crippen LogP contribution in [-0.2, 0) is 0 Å². The molecule has 1 fully saturated rings. The van der Waals surface area contributed by atoms with Crippen molar-refractivity contribution in [1.82, 2.24) is 10.3 Å². The van der Waals surface area contributed by atoms with Crippen LogP contribution in [0.25, 0.3) is 11.1 Å². The van der Waals surface area contributed by atoms with Crippen molar-refractivity contribution < 1.29 is 4.42 Å². The van der Waals surface area contributed by atoms with E-state index in [2.05, 4.69) is 22.4 Å². The van der Waals surface area contributed by atoms with Crippen LogP contribution in [0.15, 0.2) is 29.0 Å². The van der Waals surface area contributed by atoms with E-state index in [-0.39, 0.29) is 0 Å². The van der Waals surface area contributed by atoms with Gasteiger partial charge in [-0.05, 0) is 36.6 Å². The van der Waals surface area contributed by atoms with Gasteiger partial charge in [-0.2, -0.15) is 0 Å². The highest BCUT2D eigenvalue weighted by Gasteiger charge is 2.16. The van der Waals surface area contributed by atoms with Gasteiger partial charge in [0.15, 0.2) is 12.0 Å². The molecule has 1 N–H and O–H groups in total. The lowest BCUT2D eigenvalue weighted by Gasteiger charge is -2.07. The van der Waals surface area contributed by atoms with E-state index >= 15 is 0 Å². The Morgan fingerprint density at radius 2 is 2.43 bits per heavy atom. The summed E-state index contributed by atoms with van der Waals surface area (Å²) in [6.45, 7) is 2.21. The SMILES string of the molecule is c1nc2cc(C3CCNC3)ccc2o1. The summed E-state index contributed by atoms with van der Waals surface area (Å²) in [6.07, 6.45) is 2.73. The Morgan fingerprint density at radius 3 is 3.29 bits per heavy atom. The normalized spacial score (nSPS) is 21.9. The fraction of sp³-hybridized carbons (Fsp3) is 0.364. The number of aromatic nitrogens is 1. The molecule has 3 heteroatoms. The van der Waals surface area contributed by atoms with Crippen molar-refractivity contribution in [3.8, 4) is 0 Å². The Labute approximate surface area is 82.1 Å². The number of nitrogens with zero attached hydrogens (tertiary/aromatic N) is 1. The van der Waals surface area contributed by atoms with Crippen molar-refractivity contribution >= 4 is 11.1 Å². The lowest BCUT2D eigenvalue weighted by molar-refractivity contribution is 0.602. The van der Waals surface area contributed by atoms with Gasteiger partial charge in [-0.15, -0.1) is 0 Å². The van der Waals surface area contributed by atoms with E-state index < -0.39 is 0 Å². The molecule has 1 aromatic carbocycles. The van der Waals surface area contributed by atoms with Crippen LogP contribution in [0.4, 0.5) is 0 Å². The summed E-state index contributed by atoms with van der Waals surface area (Å²) in [5.41, 5.74) is 3.21. The number of fused-ring (bicyclic) bond motifs is 1. The highest BCUT2D eigenvalue weighted by atomic mass is 16.3. The van der Waals surface area contributed by atoms with Crippen LogP contribution in [0.3, 0.4) is 0 Å². The first-order chi connectivity index (χ1) is 6.93. The molecule has 14 heavy (non-hydrogen) atoms. The predicted octanol–water partition coefficient (Wildman–Crippen LogP) is 1.90. The summed E-state index contributed by atoms with van der Waals surface area (Å²) in [4.78, 5) is 4.16. The molecule has 2 heterocycles. The second-order valence-corrected chi connectivity index (χ2v) is 3.77.